The van der Waals surface area contributed by atoms with Crippen molar-refractivity contribution >= 4 is 12.2 Å². The van der Waals surface area contributed by atoms with Crippen LogP contribution in [0.25, 0.3) is 12.2 Å². The Kier molecular flexibility index (Phi) is 3.61. The molecule has 0 saturated carbocycles. The molecule has 0 nitrogen and oxygen atoms in total. The van der Waals surface area contributed by atoms with E-state index in [0.29, 0.717) is 5.92 Å². The molecule has 1 aliphatic carbocycles. The van der Waals surface area contributed by atoms with Gasteiger partial charge in [0.1, 0.15) is 0 Å². The van der Waals surface area contributed by atoms with Crippen LogP contribution in [0.5, 0.6) is 0 Å². The summed E-state index contributed by atoms with van der Waals surface area (Å²) in [6.07, 6.45) is 10.6. The molecule has 0 amide bonds. The number of hydrogen-bond acceptors (Lipinski definition) is 0. The summed E-state index contributed by atoms with van der Waals surface area (Å²) < 4.78 is 0. The van der Waals surface area contributed by atoms with Crippen LogP contribution in [0.3, 0.4) is 0 Å². The summed E-state index contributed by atoms with van der Waals surface area (Å²) >= 11 is 0. The summed E-state index contributed by atoms with van der Waals surface area (Å²) in [7, 11) is 0. The van der Waals surface area contributed by atoms with Gasteiger partial charge >= 0.3 is 0 Å². The molecule has 16 heavy (non-hydrogen) atoms. The maximum Gasteiger partial charge on any atom is -0.0187 e. The zero-order chi connectivity index (χ0) is 11.4. The fourth-order valence-corrected chi connectivity index (χ4v) is 2.28. The molecule has 84 valence electrons. The third kappa shape index (κ3) is 2.44. The minimum Gasteiger partial charge on any atom is -0.0761 e. The Morgan fingerprint density at radius 1 is 1.12 bits per heavy atom. The topological polar surface area (TPSA) is 0 Å². The van der Waals surface area contributed by atoms with Gasteiger partial charge in [0, 0.05) is 0 Å². The smallest absolute Gasteiger partial charge is 0.0187 e. The van der Waals surface area contributed by atoms with Crippen molar-refractivity contribution in [3.63, 3.8) is 0 Å². The first-order chi connectivity index (χ1) is 7.81. The van der Waals surface area contributed by atoms with E-state index >= 15 is 0 Å². The molecule has 2 rings (SSSR count). The lowest BCUT2D eigenvalue weighted by atomic mass is 9.91. The molecule has 1 atom stereocenters. The van der Waals surface area contributed by atoms with Gasteiger partial charge in [0.15, 0.2) is 0 Å². The van der Waals surface area contributed by atoms with Gasteiger partial charge in [-0.05, 0) is 29.2 Å². The fraction of sp³-hybridized carbons (Fsp3) is 0.375. The molecule has 0 radical (unpaired) electrons. The van der Waals surface area contributed by atoms with Crippen LogP contribution in [0.1, 0.15) is 33.1 Å². The van der Waals surface area contributed by atoms with Crippen molar-refractivity contribution in [3.8, 4) is 0 Å². The highest BCUT2D eigenvalue weighted by Crippen LogP contribution is 2.20. The molecule has 0 bridgehead atoms. The van der Waals surface area contributed by atoms with Crippen molar-refractivity contribution in [3.05, 3.63) is 46.4 Å². The predicted octanol–water partition coefficient (Wildman–Crippen LogP) is 3.01. The van der Waals surface area contributed by atoms with Crippen LogP contribution in [0, 0.1) is 5.92 Å². The number of fused-ring (bicyclic) bond motifs is 1. The molecule has 0 aliphatic heterocycles. The second kappa shape index (κ2) is 5.16. The fourth-order valence-electron chi connectivity index (χ4n) is 2.28. The van der Waals surface area contributed by atoms with E-state index in [1.54, 1.807) is 5.57 Å². The molecule has 1 unspecified atom stereocenters. The van der Waals surface area contributed by atoms with E-state index < -0.39 is 0 Å². The second-order valence-electron chi connectivity index (χ2n) is 4.63. The maximum atomic E-state index is 2.37. The van der Waals surface area contributed by atoms with Gasteiger partial charge in [-0.2, -0.15) is 0 Å². The summed E-state index contributed by atoms with van der Waals surface area (Å²) in [5.74, 6) is 0.685. The number of benzene rings is 1. The van der Waals surface area contributed by atoms with Crippen LogP contribution in [0.4, 0.5) is 0 Å². The van der Waals surface area contributed by atoms with E-state index in [1.165, 1.54) is 23.3 Å². The van der Waals surface area contributed by atoms with Gasteiger partial charge in [-0.25, -0.2) is 0 Å². The Labute approximate surface area is 98.0 Å². The number of allylic oxidation sites excluding steroid dienone is 2. The lowest BCUT2D eigenvalue weighted by molar-refractivity contribution is 0.662. The maximum absolute atomic E-state index is 2.37. The lowest BCUT2D eigenvalue weighted by Crippen LogP contribution is -2.24. The molecular formula is C16H20. The zero-order valence-electron chi connectivity index (χ0n) is 10.2. The Hall–Kier alpha value is -1.30. The van der Waals surface area contributed by atoms with E-state index in [0.717, 1.165) is 6.42 Å². The SMILES string of the molecule is CCCC1=CC=c2ccccc2=CCC1C. The normalized spacial score (nSPS) is 19.6. The molecule has 0 heteroatoms. The summed E-state index contributed by atoms with van der Waals surface area (Å²) in [4.78, 5) is 0. The van der Waals surface area contributed by atoms with Crippen LogP contribution >= 0.6 is 0 Å². The van der Waals surface area contributed by atoms with Crippen LogP contribution < -0.4 is 10.4 Å². The molecule has 1 aliphatic rings. The quantitative estimate of drug-likeness (QED) is 0.707. The summed E-state index contributed by atoms with van der Waals surface area (Å²) in [6.45, 7) is 4.59. The van der Waals surface area contributed by atoms with Gasteiger partial charge in [-0.3, -0.25) is 0 Å². The van der Waals surface area contributed by atoms with Gasteiger partial charge in [-0.15, -0.1) is 0 Å². The van der Waals surface area contributed by atoms with Crippen LogP contribution in [-0.4, -0.2) is 0 Å². The first kappa shape index (κ1) is 11.2. The Morgan fingerprint density at radius 2 is 1.88 bits per heavy atom. The first-order valence-electron chi connectivity index (χ1n) is 6.27. The standard InChI is InChI=1S/C16H20/c1-3-6-14-11-12-16-8-5-4-7-15(16)10-9-13(14)2/h4-5,7-8,10-13H,3,6,9H2,1-2H3. The van der Waals surface area contributed by atoms with Crippen molar-refractivity contribution in [2.24, 2.45) is 5.92 Å². The van der Waals surface area contributed by atoms with E-state index in [2.05, 4.69) is 56.3 Å². The Balaban J connectivity index is 2.48. The minimum atomic E-state index is 0.685. The van der Waals surface area contributed by atoms with Crippen molar-refractivity contribution in [2.75, 3.05) is 0 Å². The average molecular weight is 212 g/mol. The molecule has 0 saturated heterocycles. The van der Waals surface area contributed by atoms with E-state index in [1.807, 2.05) is 0 Å². The van der Waals surface area contributed by atoms with Gasteiger partial charge in [0.05, 0.1) is 0 Å². The third-order valence-electron chi connectivity index (χ3n) is 3.34. The highest BCUT2D eigenvalue weighted by molar-refractivity contribution is 5.44. The Bertz CT molecular complexity index is 491. The van der Waals surface area contributed by atoms with Crippen molar-refractivity contribution < 1.29 is 0 Å². The van der Waals surface area contributed by atoms with Crippen molar-refractivity contribution in [1.82, 2.24) is 0 Å². The van der Waals surface area contributed by atoms with Crippen molar-refractivity contribution in [1.29, 1.82) is 0 Å². The second-order valence-corrected chi connectivity index (χ2v) is 4.63. The van der Waals surface area contributed by atoms with Crippen molar-refractivity contribution in [2.45, 2.75) is 33.1 Å². The minimum absolute atomic E-state index is 0.685. The lowest BCUT2D eigenvalue weighted by Gasteiger charge is -2.14. The predicted molar refractivity (Wildman–Crippen MR) is 71.4 cm³/mol. The van der Waals surface area contributed by atoms with E-state index in [4.69, 9.17) is 0 Å². The zero-order valence-corrected chi connectivity index (χ0v) is 10.2. The molecule has 0 aromatic heterocycles. The average Bonchev–Trinajstić information content (AvgIpc) is 2.30. The molecule has 0 N–H and O–H groups in total. The van der Waals surface area contributed by atoms with Gasteiger partial charge < -0.3 is 0 Å². The first-order valence-corrected chi connectivity index (χ1v) is 6.27. The van der Waals surface area contributed by atoms with E-state index in [-0.39, 0.29) is 0 Å². The van der Waals surface area contributed by atoms with Crippen LogP contribution in [-0.2, 0) is 0 Å². The van der Waals surface area contributed by atoms with Crippen LogP contribution in [0.15, 0.2) is 35.9 Å². The Morgan fingerprint density at radius 3 is 2.62 bits per heavy atom. The molecule has 0 fully saturated rings. The third-order valence-corrected chi connectivity index (χ3v) is 3.34. The number of hydrogen-bond donors (Lipinski definition) is 0. The molecule has 0 heterocycles. The largest absolute Gasteiger partial charge is 0.0761 e. The van der Waals surface area contributed by atoms with Gasteiger partial charge in [-0.1, -0.05) is 68.3 Å². The molecule has 0 spiro atoms. The summed E-state index contributed by atoms with van der Waals surface area (Å²) in [6, 6.07) is 8.63. The summed E-state index contributed by atoms with van der Waals surface area (Å²) in [5.41, 5.74) is 1.59. The van der Waals surface area contributed by atoms with E-state index in [9.17, 15) is 0 Å². The summed E-state index contributed by atoms with van der Waals surface area (Å²) in [5, 5.41) is 2.73. The molecular weight excluding hydrogens is 192 g/mol. The monoisotopic (exact) mass is 212 g/mol. The highest BCUT2D eigenvalue weighted by atomic mass is 14.1. The van der Waals surface area contributed by atoms with Gasteiger partial charge in [0.25, 0.3) is 0 Å². The highest BCUT2D eigenvalue weighted by Gasteiger charge is 2.06. The molecule has 1 aromatic rings. The molecule has 1 aromatic carbocycles. The van der Waals surface area contributed by atoms with Crippen LogP contribution in [0.2, 0.25) is 0 Å². The van der Waals surface area contributed by atoms with Gasteiger partial charge in [0.2, 0.25) is 0 Å². The number of rotatable bonds is 2.